The van der Waals surface area contributed by atoms with Gasteiger partial charge in [-0.25, -0.2) is 0 Å². The maximum Gasteiger partial charge on any atom is 0.276 e. The van der Waals surface area contributed by atoms with Gasteiger partial charge in [0, 0.05) is 25.0 Å². The smallest absolute Gasteiger partial charge is 0.276 e. The Bertz CT molecular complexity index is 574. The highest BCUT2D eigenvalue weighted by Gasteiger charge is 2.09. The van der Waals surface area contributed by atoms with Crippen LogP contribution in [0.1, 0.15) is 35.9 Å². The number of hydrogen-bond donors (Lipinski definition) is 2. The van der Waals surface area contributed by atoms with Gasteiger partial charge in [-0.15, -0.1) is 0 Å². The molecule has 5 nitrogen and oxygen atoms in total. The van der Waals surface area contributed by atoms with Crippen LogP contribution in [0.15, 0.2) is 36.5 Å². The summed E-state index contributed by atoms with van der Waals surface area (Å²) in [5, 5.41) is 10.3. The minimum Gasteiger partial charge on any atom is -0.321 e. The van der Waals surface area contributed by atoms with Gasteiger partial charge in [-0.05, 0) is 37.2 Å². The minimum absolute atomic E-state index is 0.196. The summed E-state index contributed by atoms with van der Waals surface area (Å²) in [6.45, 7) is 5.13. The molecule has 2 rings (SSSR count). The highest BCUT2D eigenvalue weighted by atomic mass is 16.1. The van der Waals surface area contributed by atoms with E-state index in [-0.39, 0.29) is 5.91 Å². The van der Waals surface area contributed by atoms with Crippen LogP contribution in [0, 0.1) is 0 Å². The molecule has 5 heteroatoms. The van der Waals surface area contributed by atoms with E-state index in [1.54, 1.807) is 24.0 Å². The average Bonchev–Trinajstić information content (AvgIpc) is 2.86. The maximum atomic E-state index is 11.9. The normalized spacial score (nSPS) is 12.2. The third-order valence-electron chi connectivity index (χ3n) is 3.13. The van der Waals surface area contributed by atoms with E-state index in [9.17, 15) is 4.79 Å². The van der Waals surface area contributed by atoms with Crippen LogP contribution >= 0.6 is 0 Å². The first kappa shape index (κ1) is 14.3. The van der Waals surface area contributed by atoms with Crippen molar-refractivity contribution in [1.82, 2.24) is 15.1 Å². The van der Waals surface area contributed by atoms with Crippen molar-refractivity contribution >= 4 is 11.6 Å². The minimum atomic E-state index is -0.196. The predicted octanol–water partition coefficient (Wildman–Crippen LogP) is 2.34. The fourth-order valence-electron chi connectivity index (χ4n) is 2.01. The summed E-state index contributed by atoms with van der Waals surface area (Å²) in [4.78, 5) is 11.9. The molecule has 2 N–H and O–H groups in total. The molecule has 1 atom stereocenters. The molecule has 1 amide bonds. The Balaban J connectivity index is 2.02. The van der Waals surface area contributed by atoms with E-state index >= 15 is 0 Å². The quantitative estimate of drug-likeness (QED) is 0.878. The van der Waals surface area contributed by atoms with Crippen molar-refractivity contribution < 1.29 is 4.79 Å². The first-order valence-electron chi connectivity index (χ1n) is 6.74. The number of benzene rings is 1. The topological polar surface area (TPSA) is 58.9 Å². The number of hydrogen-bond acceptors (Lipinski definition) is 3. The number of aryl methyl sites for hydroxylation is 1. The van der Waals surface area contributed by atoms with Crippen LogP contribution in [0.3, 0.4) is 0 Å². The maximum absolute atomic E-state index is 11.9. The summed E-state index contributed by atoms with van der Waals surface area (Å²) >= 11 is 0. The van der Waals surface area contributed by atoms with E-state index in [0.717, 1.165) is 12.2 Å². The second kappa shape index (κ2) is 6.34. The third-order valence-corrected chi connectivity index (χ3v) is 3.13. The number of rotatable bonds is 5. The van der Waals surface area contributed by atoms with Gasteiger partial charge < -0.3 is 10.6 Å². The summed E-state index contributed by atoms with van der Waals surface area (Å²) in [6.07, 6.45) is 1.75. The highest BCUT2D eigenvalue weighted by molar-refractivity contribution is 6.02. The van der Waals surface area contributed by atoms with Crippen LogP contribution in [0.5, 0.6) is 0 Å². The molecule has 0 radical (unpaired) electrons. The molecule has 0 bridgehead atoms. The molecule has 0 saturated heterocycles. The van der Waals surface area contributed by atoms with Crippen LogP contribution in [-0.2, 0) is 7.05 Å². The summed E-state index contributed by atoms with van der Waals surface area (Å²) in [5.41, 5.74) is 2.38. The van der Waals surface area contributed by atoms with E-state index < -0.39 is 0 Å². The molecular weight excluding hydrogens is 252 g/mol. The Labute approximate surface area is 119 Å². The van der Waals surface area contributed by atoms with Crippen molar-refractivity contribution in [2.75, 3.05) is 11.9 Å². The average molecular weight is 272 g/mol. The Morgan fingerprint density at radius 1 is 1.30 bits per heavy atom. The number of carbonyl (C=O) groups is 1. The molecule has 1 aromatic carbocycles. The zero-order valence-corrected chi connectivity index (χ0v) is 12.1. The van der Waals surface area contributed by atoms with Gasteiger partial charge in [0.15, 0.2) is 5.69 Å². The fourth-order valence-corrected chi connectivity index (χ4v) is 2.01. The summed E-state index contributed by atoms with van der Waals surface area (Å²) in [5.74, 6) is -0.196. The molecule has 0 aliphatic rings. The summed E-state index contributed by atoms with van der Waals surface area (Å²) in [7, 11) is 1.79. The molecule has 106 valence electrons. The van der Waals surface area contributed by atoms with Crippen LogP contribution in [0.4, 0.5) is 5.69 Å². The van der Waals surface area contributed by atoms with Crippen molar-refractivity contribution in [2.24, 2.45) is 7.05 Å². The first-order chi connectivity index (χ1) is 9.60. The van der Waals surface area contributed by atoms with E-state index in [1.165, 1.54) is 5.56 Å². The highest BCUT2D eigenvalue weighted by Crippen LogP contribution is 2.16. The summed E-state index contributed by atoms with van der Waals surface area (Å²) < 4.78 is 1.61. The number of aromatic nitrogens is 2. The lowest BCUT2D eigenvalue weighted by molar-refractivity contribution is 0.102. The van der Waals surface area contributed by atoms with Gasteiger partial charge in [-0.1, -0.05) is 19.1 Å². The third kappa shape index (κ3) is 3.45. The molecule has 0 fully saturated rings. The van der Waals surface area contributed by atoms with E-state index in [0.29, 0.717) is 11.7 Å². The molecule has 1 aromatic heterocycles. The van der Waals surface area contributed by atoms with Gasteiger partial charge in [0.05, 0.1) is 0 Å². The van der Waals surface area contributed by atoms with E-state index in [4.69, 9.17) is 0 Å². The van der Waals surface area contributed by atoms with Gasteiger partial charge in [0.2, 0.25) is 0 Å². The van der Waals surface area contributed by atoms with Crippen molar-refractivity contribution in [3.63, 3.8) is 0 Å². The van der Waals surface area contributed by atoms with Crippen molar-refractivity contribution in [1.29, 1.82) is 0 Å². The van der Waals surface area contributed by atoms with Crippen molar-refractivity contribution in [2.45, 2.75) is 19.9 Å². The zero-order chi connectivity index (χ0) is 14.5. The van der Waals surface area contributed by atoms with Crippen LogP contribution in [0.2, 0.25) is 0 Å². The first-order valence-corrected chi connectivity index (χ1v) is 6.74. The van der Waals surface area contributed by atoms with Gasteiger partial charge in [0.1, 0.15) is 0 Å². The summed E-state index contributed by atoms with van der Waals surface area (Å²) in [6, 6.07) is 9.84. The molecule has 0 aliphatic carbocycles. The number of anilines is 1. The second-order valence-corrected chi connectivity index (χ2v) is 4.73. The molecular formula is C15H20N4O. The standard InChI is InChI=1S/C15H20N4O/c1-4-16-11(2)12-5-7-13(8-6-12)17-15(20)14-9-10-19(3)18-14/h5-11,16H,4H2,1-3H3,(H,17,20). The number of amides is 1. The number of nitrogens with zero attached hydrogens (tertiary/aromatic N) is 2. The lowest BCUT2D eigenvalue weighted by atomic mass is 10.1. The van der Waals surface area contributed by atoms with Crippen LogP contribution < -0.4 is 10.6 Å². The Hall–Kier alpha value is -2.14. The van der Waals surface area contributed by atoms with E-state index in [2.05, 4.69) is 29.6 Å². The zero-order valence-electron chi connectivity index (χ0n) is 12.1. The van der Waals surface area contributed by atoms with E-state index in [1.807, 2.05) is 24.3 Å². The van der Waals surface area contributed by atoms with Crippen molar-refractivity contribution in [3.05, 3.63) is 47.8 Å². The monoisotopic (exact) mass is 272 g/mol. The molecule has 0 saturated carbocycles. The molecule has 20 heavy (non-hydrogen) atoms. The molecule has 1 heterocycles. The fraction of sp³-hybridized carbons (Fsp3) is 0.333. The Morgan fingerprint density at radius 3 is 2.55 bits per heavy atom. The van der Waals surface area contributed by atoms with Crippen LogP contribution in [0.25, 0.3) is 0 Å². The van der Waals surface area contributed by atoms with Crippen LogP contribution in [-0.4, -0.2) is 22.2 Å². The lowest BCUT2D eigenvalue weighted by Gasteiger charge is -2.13. The lowest BCUT2D eigenvalue weighted by Crippen LogP contribution is -2.17. The van der Waals surface area contributed by atoms with Crippen molar-refractivity contribution in [3.8, 4) is 0 Å². The number of carbonyl (C=O) groups excluding carboxylic acids is 1. The molecule has 1 unspecified atom stereocenters. The number of nitrogens with one attached hydrogen (secondary N) is 2. The second-order valence-electron chi connectivity index (χ2n) is 4.73. The van der Waals surface area contributed by atoms with Gasteiger partial charge >= 0.3 is 0 Å². The van der Waals surface area contributed by atoms with Gasteiger partial charge in [-0.3, -0.25) is 9.48 Å². The largest absolute Gasteiger partial charge is 0.321 e. The predicted molar refractivity (Wildman–Crippen MR) is 79.7 cm³/mol. The van der Waals surface area contributed by atoms with Gasteiger partial charge in [0.25, 0.3) is 5.91 Å². The molecule has 0 spiro atoms. The Kier molecular flexibility index (Phi) is 4.53. The molecule has 0 aliphatic heterocycles. The Morgan fingerprint density at radius 2 is 2.00 bits per heavy atom. The van der Waals surface area contributed by atoms with Gasteiger partial charge in [-0.2, -0.15) is 5.10 Å². The SMILES string of the molecule is CCNC(C)c1ccc(NC(=O)c2ccn(C)n2)cc1. The molecule has 2 aromatic rings.